The second-order valence-electron chi connectivity index (χ2n) is 11.3. The maximum absolute atomic E-state index is 11.7. The largest absolute Gasteiger partial charge is 0.519 e. The summed E-state index contributed by atoms with van der Waals surface area (Å²) in [5, 5.41) is 8.81. The van der Waals surface area contributed by atoms with Gasteiger partial charge in [0, 0.05) is 18.5 Å². The molecule has 1 amide bonds. The summed E-state index contributed by atoms with van der Waals surface area (Å²) >= 11 is 0. The summed E-state index contributed by atoms with van der Waals surface area (Å²) in [5.41, 5.74) is -1.79. The van der Waals surface area contributed by atoms with Crippen molar-refractivity contribution in [2.75, 3.05) is 13.1 Å². The van der Waals surface area contributed by atoms with Crippen molar-refractivity contribution in [3.8, 4) is 0 Å². The van der Waals surface area contributed by atoms with E-state index in [9.17, 15) is 19.2 Å². The zero-order valence-corrected chi connectivity index (χ0v) is 20.6. The van der Waals surface area contributed by atoms with Gasteiger partial charge in [-0.25, -0.2) is 14.4 Å². The molecule has 10 nitrogen and oxygen atoms in total. The van der Waals surface area contributed by atoms with E-state index < -0.39 is 35.1 Å². The van der Waals surface area contributed by atoms with Crippen LogP contribution in [0, 0.1) is 11.3 Å². The van der Waals surface area contributed by atoms with Gasteiger partial charge in [-0.1, -0.05) is 0 Å². The number of carboxylic acid groups (broad SMARTS) is 1. The van der Waals surface area contributed by atoms with E-state index in [-0.39, 0.29) is 17.4 Å². The molecule has 0 radical (unpaired) electrons. The molecule has 32 heavy (non-hydrogen) atoms. The molecule has 0 bridgehead atoms. The van der Waals surface area contributed by atoms with Crippen molar-refractivity contribution in [3.63, 3.8) is 0 Å². The van der Waals surface area contributed by atoms with Crippen molar-refractivity contribution in [2.45, 2.75) is 92.0 Å². The fourth-order valence-electron chi connectivity index (χ4n) is 3.25. The molecule has 0 aromatic rings. The number of carboxylic acids is 1. The summed E-state index contributed by atoms with van der Waals surface area (Å²) in [5.74, 6) is -0.929. The molecular formula is C22H37NO9. The Bertz CT molecular complexity index is 685. The number of carbonyl (C=O) groups excluding carboxylic acids is 3. The van der Waals surface area contributed by atoms with Crippen LogP contribution in [0.5, 0.6) is 0 Å². The number of amides is 1. The number of ether oxygens (including phenoxy) is 4. The lowest BCUT2D eigenvalue weighted by molar-refractivity contribution is -0.159. The maximum Gasteiger partial charge on any atom is 0.519 e. The van der Waals surface area contributed by atoms with Gasteiger partial charge in [-0.3, -0.25) is 4.79 Å². The second kappa shape index (κ2) is 9.54. The molecule has 0 aromatic carbocycles. The van der Waals surface area contributed by atoms with Gasteiger partial charge in [0.15, 0.2) is 0 Å². The molecule has 1 spiro atoms. The van der Waals surface area contributed by atoms with Gasteiger partial charge in [-0.05, 0) is 75.2 Å². The van der Waals surface area contributed by atoms with Crippen LogP contribution >= 0.6 is 0 Å². The molecule has 2 fully saturated rings. The minimum absolute atomic E-state index is 0.0694. The van der Waals surface area contributed by atoms with Gasteiger partial charge >= 0.3 is 24.4 Å². The molecule has 10 heteroatoms. The van der Waals surface area contributed by atoms with E-state index in [1.165, 1.54) is 0 Å². The van der Waals surface area contributed by atoms with Gasteiger partial charge < -0.3 is 29.0 Å². The number of aliphatic carboxylic acids is 1. The van der Waals surface area contributed by atoms with Crippen LogP contribution < -0.4 is 0 Å². The second-order valence-corrected chi connectivity index (χ2v) is 11.3. The molecule has 2 aliphatic rings. The average Bonchev–Trinajstić information content (AvgIpc) is 2.37. The Balaban J connectivity index is 0.000000324. The summed E-state index contributed by atoms with van der Waals surface area (Å²) < 4.78 is 19.1. The lowest BCUT2D eigenvalue weighted by atomic mass is 9.58. The molecule has 184 valence electrons. The van der Waals surface area contributed by atoms with Crippen molar-refractivity contribution in [1.29, 1.82) is 0 Å². The number of carbonyl (C=O) groups is 4. The van der Waals surface area contributed by atoms with Crippen molar-refractivity contribution in [2.24, 2.45) is 11.3 Å². The van der Waals surface area contributed by atoms with Crippen LogP contribution in [0.15, 0.2) is 0 Å². The number of hydrogen-bond acceptors (Lipinski definition) is 8. The van der Waals surface area contributed by atoms with Crippen LogP contribution in [0.4, 0.5) is 14.4 Å². The van der Waals surface area contributed by atoms with Crippen LogP contribution in [0.2, 0.25) is 0 Å². The first-order valence-corrected chi connectivity index (χ1v) is 10.5. The summed E-state index contributed by atoms with van der Waals surface area (Å²) in [6.07, 6.45) is -1.01. The predicted molar refractivity (Wildman–Crippen MR) is 114 cm³/mol. The quantitative estimate of drug-likeness (QED) is 0.340. The van der Waals surface area contributed by atoms with Crippen LogP contribution in [0.1, 0.15) is 75.2 Å². The summed E-state index contributed by atoms with van der Waals surface area (Å²) in [7, 11) is 0. The highest BCUT2D eigenvalue weighted by atomic mass is 16.8. The average molecular weight is 460 g/mol. The molecule has 1 N–H and O–H groups in total. The minimum Gasteiger partial charge on any atom is -0.481 e. The normalized spacial score (nSPS) is 17.7. The summed E-state index contributed by atoms with van der Waals surface area (Å²) in [4.78, 5) is 46.1. The third kappa shape index (κ3) is 9.74. The molecule has 1 heterocycles. The number of hydrogen-bond donors (Lipinski definition) is 1. The maximum atomic E-state index is 11.7. The number of rotatable bonds is 1. The summed E-state index contributed by atoms with van der Waals surface area (Å²) in [6, 6.07) is 0. The van der Waals surface area contributed by atoms with Gasteiger partial charge in [0.05, 0.1) is 5.92 Å². The van der Waals surface area contributed by atoms with E-state index >= 15 is 0 Å². The van der Waals surface area contributed by atoms with E-state index in [2.05, 4.69) is 4.74 Å². The van der Waals surface area contributed by atoms with E-state index in [4.69, 9.17) is 19.3 Å². The van der Waals surface area contributed by atoms with Gasteiger partial charge in [-0.2, -0.15) is 0 Å². The standard InChI is InChI=1S/C12H19NO4.C10H18O5/c1-11(2,3)17-10(16)13-6-12(7-13)4-8(5-12)9(14)15;1-9(2,3)14-7(11)13-8(12)15-10(4,5)6/h8H,4-7H2,1-3H3,(H,14,15);1-6H3. The van der Waals surface area contributed by atoms with Crippen molar-refractivity contribution in [3.05, 3.63) is 0 Å². The third-order valence-corrected chi connectivity index (χ3v) is 4.36. The highest BCUT2D eigenvalue weighted by Crippen LogP contribution is 2.52. The highest BCUT2D eigenvalue weighted by Gasteiger charge is 2.56. The fourth-order valence-corrected chi connectivity index (χ4v) is 3.25. The SMILES string of the molecule is CC(C)(C)OC(=O)N1CC2(CC(C(=O)O)C2)C1.CC(C)(C)OC(=O)OC(=O)OC(C)(C)C. The fraction of sp³-hybridized carbons (Fsp3) is 0.818. The van der Waals surface area contributed by atoms with E-state index in [0.717, 1.165) is 0 Å². The molecule has 0 aromatic heterocycles. The third-order valence-electron chi connectivity index (χ3n) is 4.36. The Labute approximate surface area is 189 Å². The Hall–Kier alpha value is -2.52. The van der Waals surface area contributed by atoms with Gasteiger partial charge in [-0.15, -0.1) is 0 Å². The lowest BCUT2D eigenvalue weighted by Gasteiger charge is -2.57. The van der Waals surface area contributed by atoms with Crippen LogP contribution in [0.3, 0.4) is 0 Å². The first-order valence-electron chi connectivity index (χ1n) is 10.5. The van der Waals surface area contributed by atoms with Crippen molar-refractivity contribution < 1.29 is 43.2 Å². The predicted octanol–water partition coefficient (Wildman–Crippen LogP) is 4.59. The summed E-state index contributed by atoms with van der Waals surface area (Å²) in [6.45, 7) is 16.8. The van der Waals surface area contributed by atoms with Gasteiger partial charge in [0.25, 0.3) is 0 Å². The minimum atomic E-state index is -1.06. The van der Waals surface area contributed by atoms with Gasteiger partial charge in [0.1, 0.15) is 16.8 Å². The Morgan fingerprint density at radius 3 is 1.44 bits per heavy atom. The molecule has 2 rings (SSSR count). The Morgan fingerprint density at radius 2 is 1.12 bits per heavy atom. The lowest BCUT2D eigenvalue weighted by Crippen LogP contribution is -2.65. The molecular weight excluding hydrogens is 422 g/mol. The first kappa shape index (κ1) is 27.5. The van der Waals surface area contributed by atoms with Crippen LogP contribution in [-0.2, 0) is 23.7 Å². The zero-order chi connectivity index (χ0) is 25.1. The number of likely N-dealkylation sites (tertiary alicyclic amines) is 1. The van der Waals surface area contributed by atoms with Gasteiger partial charge in [0.2, 0.25) is 0 Å². The molecule has 1 aliphatic heterocycles. The van der Waals surface area contributed by atoms with Crippen molar-refractivity contribution in [1.82, 2.24) is 4.90 Å². The molecule has 1 saturated heterocycles. The molecule has 1 aliphatic carbocycles. The smallest absolute Gasteiger partial charge is 0.481 e. The first-order chi connectivity index (χ1) is 14.2. The monoisotopic (exact) mass is 459 g/mol. The van der Waals surface area contributed by atoms with Crippen LogP contribution in [0.25, 0.3) is 0 Å². The highest BCUT2D eigenvalue weighted by molar-refractivity contribution is 5.77. The van der Waals surface area contributed by atoms with E-state index in [1.807, 2.05) is 20.8 Å². The molecule has 0 unspecified atom stereocenters. The van der Waals surface area contributed by atoms with E-state index in [1.54, 1.807) is 46.4 Å². The Morgan fingerprint density at radius 1 is 0.750 bits per heavy atom. The number of nitrogens with zero attached hydrogens (tertiary/aromatic N) is 1. The van der Waals surface area contributed by atoms with Crippen molar-refractivity contribution >= 4 is 24.4 Å². The topological polar surface area (TPSA) is 129 Å². The zero-order valence-electron chi connectivity index (χ0n) is 20.6. The molecule has 1 saturated carbocycles. The Kier molecular flexibility index (Phi) is 8.20. The van der Waals surface area contributed by atoms with Crippen LogP contribution in [-0.4, -0.2) is 64.3 Å². The van der Waals surface area contributed by atoms with E-state index in [0.29, 0.717) is 25.9 Å². The molecule has 0 atom stereocenters.